The summed E-state index contributed by atoms with van der Waals surface area (Å²) in [6.45, 7) is 0.975. The summed E-state index contributed by atoms with van der Waals surface area (Å²) in [5.41, 5.74) is 1.19. The summed E-state index contributed by atoms with van der Waals surface area (Å²) >= 11 is 0. The van der Waals surface area contributed by atoms with Gasteiger partial charge in [0.25, 0.3) is 0 Å². The van der Waals surface area contributed by atoms with E-state index in [4.69, 9.17) is 14.6 Å². The summed E-state index contributed by atoms with van der Waals surface area (Å²) < 4.78 is 11.5. The van der Waals surface area contributed by atoms with Gasteiger partial charge in [0, 0.05) is 13.0 Å². The first-order valence-corrected chi connectivity index (χ1v) is 11.1. The highest BCUT2D eigenvalue weighted by atomic mass is 16.5. The van der Waals surface area contributed by atoms with Crippen molar-refractivity contribution >= 4 is 12.1 Å². The molecule has 0 saturated carbocycles. The van der Waals surface area contributed by atoms with Crippen molar-refractivity contribution in [3.63, 3.8) is 0 Å². The van der Waals surface area contributed by atoms with Crippen molar-refractivity contribution in [3.8, 4) is 0 Å². The van der Waals surface area contributed by atoms with Crippen LogP contribution in [-0.2, 0) is 20.7 Å². The summed E-state index contributed by atoms with van der Waals surface area (Å²) in [7, 11) is 0. The highest BCUT2D eigenvalue weighted by Gasteiger charge is 2.47. The van der Waals surface area contributed by atoms with Gasteiger partial charge in [-0.05, 0) is 62.3 Å². The Kier molecular flexibility index (Phi) is 8.75. The van der Waals surface area contributed by atoms with Crippen LogP contribution in [0.15, 0.2) is 42.5 Å². The number of carbonyl (C=O) groups is 2. The summed E-state index contributed by atoms with van der Waals surface area (Å²) in [6, 6.07) is 10.1. The molecule has 0 aromatic heterocycles. The molecule has 164 valence electrons. The summed E-state index contributed by atoms with van der Waals surface area (Å²) in [5.74, 6) is 0.142. The van der Waals surface area contributed by atoms with Gasteiger partial charge in [0.1, 0.15) is 0 Å². The number of fused-ring (bicyclic) bond motifs is 2. The molecular weight excluding hydrogens is 382 g/mol. The molecule has 2 N–H and O–H groups in total. The largest absolute Gasteiger partial charge is 0.481 e. The normalized spacial score (nSPS) is 24.9. The zero-order chi connectivity index (χ0) is 21.2. The zero-order valence-corrected chi connectivity index (χ0v) is 17.5. The van der Waals surface area contributed by atoms with Crippen LogP contribution in [0.3, 0.4) is 0 Å². The van der Waals surface area contributed by atoms with E-state index >= 15 is 0 Å². The maximum atomic E-state index is 12.0. The van der Waals surface area contributed by atoms with Crippen LogP contribution < -0.4 is 5.32 Å². The van der Waals surface area contributed by atoms with E-state index in [1.54, 1.807) is 0 Å². The molecule has 3 rings (SSSR count). The third-order valence-electron chi connectivity index (χ3n) is 6.14. The van der Waals surface area contributed by atoms with E-state index in [2.05, 4.69) is 17.5 Å². The minimum absolute atomic E-state index is 0.217. The second-order valence-electron chi connectivity index (χ2n) is 8.20. The van der Waals surface area contributed by atoms with Gasteiger partial charge in [-0.25, -0.2) is 4.79 Å². The van der Waals surface area contributed by atoms with Crippen molar-refractivity contribution in [3.05, 3.63) is 48.0 Å². The number of aliphatic carboxylic acids is 1. The number of carboxylic acids is 1. The Morgan fingerprint density at radius 1 is 1.13 bits per heavy atom. The van der Waals surface area contributed by atoms with Gasteiger partial charge in [0.15, 0.2) is 0 Å². The number of nitrogens with one attached hydrogen (secondary N) is 1. The van der Waals surface area contributed by atoms with E-state index in [1.165, 1.54) is 5.56 Å². The Bertz CT molecular complexity index is 705. The molecule has 0 aliphatic carbocycles. The molecule has 0 unspecified atom stereocenters. The fraction of sp³-hybridized carbons (Fsp3) is 0.583. The average Bonchev–Trinajstić information content (AvgIpc) is 3.33. The van der Waals surface area contributed by atoms with Crippen LogP contribution in [0.4, 0.5) is 4.79 Å². The smallest absolute Gasteiger partial charge is 0.407 e. The number of carbonyl (C=O) groups excluding carboxylic acids is 1. The first kappa shape index (κ1) is 22.3. The first-order valence-electron chi connectivity index (χ1n) is 11.1. The molecule has 0 radical (unpaired) electrons. The lowest BCUT2D eigenvalue weighted by Gasteiger charge is -2.27. The molecule has 6 heteroatoms. The fourth-order valence-electron chi connectivity index (χ4n) is 4.63. The number of carboxylic acid groups (broad SMARTS) is 1. The van der Waals surface area contributed by atoms with Crippen LogP contribution in [0.1, 0.15) is 50.5 Å². The Hall–Kier alpha value is -2.34. The van der Waals surface area contributed by atoms with E-state index < -0.39 is 5.97 Å². The van der Waals surface area contributed by atoms with Gasteiger partial charge in [-0.1, -0.05) is 42.5 Å². The summed E-state index contributed by atoms with van der Waals surface area (Å²) in [4.78, 5) is 22.5. The molecule has 0 spiro atoms. The molecule has 6 nitrogen and oxygen atoms in total. The van der Waals surface area contributed by atoms with Crippen LogP contribution in [-0.4, -0.2) is 42.5 Å². The molecule has 1 amide bonds. The number of rotatable bonds is 12. The maximum absolute atomic E-state index is 12.0. The third-order valence-corrected chi connectivity index (χ3v) is 6.14. The standard InChI is InChI=1S/C24H33NO5/c26-23(27)11-7-2-1-6-10-19-20(22-13-12-21(19)30-22)15-17-29-24(28)25-16-14-18-8-4-3-5-9-18/h1,3-6,8-9,19-22H,2,7,10-17H2,(H,25,28)(H,26,27)/b6-1-/t19-,20+,21-,22+/m1/s1. The van der Waals surface area contributed by atoms with Gasteiger partial charge in [-0.3, -0.25) is 4.79 Å². The molecule has 2 heterocycles. The van der Waals surface area contributed by atoms with Crippen molar-refractivity contribution in [1.29, 1.82) is 0 Å². The molecular formula is C24H33NO5. The number of benzene rings is 1. The first-order chi connectivity index (χ1) is 14.6. The van der Waals surface area contributed by atoms with Crippen molar-refractivity contribution in [2.45, 2.75) is 63.6 Å². The number of allylic oxidation sites excluding steroid dienone is 2. The van der Waals surface area contributed by atoms with E-state index in [0.29, 0.717) is 37.5 Å². The highest BCUT2D eigenvalue weighted by molar-refractivity contribution is 5.67. The maximum Gasteiger partial charge on any atom is 0.407 e. The van der Waals surface area contributed by atoms with Crippen molar-refractivity contribution < 1.29 is 24.2 Å². The molecule has 1 aromatic rings. The van der Waals surface area contributed by atoms with Gasteiger partial charge >= 0.3 is 12.1 Å². The Labute approximate surface area is 178 Å². The number of hydrogen-bond acceptors (Lipinski definition) is 4. The van der Waals surface area contributed by atoms with Crippen LogP contribution in [0, 0.1) is 11.8 Å². The molecule has 2 bridgehead atoms. The van der Waals surface area contributed by atoms with E-state index in [0.717, 1.165) is 38.5 Å². The zero-order valence-electron chi connectivity index (χ0n) is 17.5. The second kappa shape index (κ2) is 11.7. The Morgan fingerprint density at radius 2 is 1.90 bits per heavy atom. The number of alkyl carbamates (subject to hydrolysis) is 1. The highest BCUT2D eigenvalue weighted by Crippen LogP contribution is 2.46. The van der Waals surface area contributed by atoms with Crippen LogP contribution in [0.2, 0.25) is 0 Å². The van der Waals surface area contributed by atoms with Gasteiger partial charge in [0.05, 0.1) is 18.8 Å². The predicted molar refractivity (Wildman–Crippen MR) is 114 cm³/mol. The SMILES string of the molecule is O=C(O)CCC/C=C\C[C@@H]1[C@H](CCOC(=O)NCCc2ccccc2)[C@@H]2CC[C@H]1O2. The van der Waals surface area contributed by atoms with E-state index in [1.807, 2.05) is 30.3 Å². The minimum atomic E-state index is -0.742. The molecule has 2 fully saturated rings. The van der Waals surface area contributed by atoms with E-state index in [9.17, 15) is 9.59 Å². The topological polar surface area (TPSA) is 84.9 Å². The van der Waals surface area contributed by atoms with Crippen molar-refractivity contribution in [2.75, 3.05) is 13.2 Å². The molecule has 2 saturated heterocycles. The quantitative estimate of drug-likeness (QED) is 0.392. The molecule has 1 aromatic carbocycles. The van der Waals surface area contributed by atoms with Crippen LogP contribution in [0.5, 0.6) is 0 Å². The molecule has 2 aliphatic heterocycles. The summed E-state index contributed by atoms with van der Waals surface area (Å²) in [6.07, 6.45) is 10.9. The number of ether oxygens (including phenoxy) is 2. The van der Waals surface area contributed by atoms with Gasteiger partial charge in [-0.15, -0.1) is 0 Å². The lowest BCUT2D eigenvalue weighted by Crippen LogP contribution is -2.30. The average molecular weight is 416 g/mol. The van der Waals surface area contributed by atoms with Gasteiger partial charge < -0.3 is 19.9 Å². The third kappa shape index (κ3) is 6.87. The molecule has 4 atom stereocenters. The monoisotopic (exact) mass is 415 g/mol. The van der Waals surface area contributed by atoms with Crippen LogP contribution >= 0.6 is 0 Å². The lowest BCUT2D eigenvalue weighted by molar-refractivity contribution is -0.137. The van der Waals surface area contributed by atoms with Gasteiger partial charge in [0.2, 0.25) is 0 Å². The fourth-order valence-corrected chi connectivity index (χ4v) is 4.63. The lowest BCUT2D eigenvalue weighted by atomic mass is 9.76. The summed E-state index contributed by atoms with van der Waals surface area (Å²) in [5, 5.41) is 11.5. The van der Waals surface area contributed by atoms with Crippen molar-refractivity contribution in [1.82, 2.24) is 5.32 Å². The minimum Gasteiger partial charge on any atom is -0.481 e. The Morgan fingerprint density at radius 3 is 2.67 bits per heavy atom. The second-order valence-corrected chi connectivity index (χ2v) is 8.20. The number of hydrogen-bond donors (Lipinski definition) is 2. The predicted octanol–water partition coefficient (Wildman–Crippen LogP) is 4.34. The molecule has 2 aliphatic rings. The number of amides is 1. The van der Waals surface area contributed by atoms with Crippen LogP contribution in [0.25, 0.3) is 0 Å². The van der Waals surface area contributed by atoms with Gasteiger partial charge in [-0.2, -0.15) is 0 Å². The van der Waals surface area contributed by atoms with E-state index in [-0.39, 0.29) is 18.6 Å². The number of unbranched alkanes of at least 4 members (excludes halogenated alkanes) is 1. The van der Waals surface area contributed by atoms with Crippen molar-refractivity contribution in [2.24, 2.45) is 11.8 Å². The Balaban J connectivity index is 1.33. The molecule has 30 heavy (non-hydrogen) atoms.